The fourth-order valence-electron chi connectivity index (χ4n) is 1.78. The summed E-state index contributed by atoms with van der Waals surface area (Å²) in [6.45, 7) is 2.48. The number of carboxylic acid groups (broad SMARTS) is 1. The summed E-state index contributed by atoms with van der Waals surface area (Å²) in [4.78, 5) is 11.1. The van der Waals surface area contributed by atoms with Crippen molar-refractivity contribution in [2.45, 2.75) is 19.9 Å². The standard InChI is InChI=1S/C12H11F2N3O2/c1-2-3-17-6-15-16-11(17)7-4-9(13)10(14)5-8(7)12(18)19/h4-6H,2-3H2,1H3,(H,18,19). The van der Waals surface area contributed by atoms with Crippen LogP contribution in [0.4, 0.5) is 8.78 Å². The number of carboxylic acids is 1. The van der Waals surface area contributed by atoms with Crippen LogP contribution in [0.1, 0.15) is 23.7 Å². The molecule has 2 aromatic rings. The number of aromatic carboxylic acids is 1. The van der Waals surface area contributed by atoms with Crippen molar-refractivity contribution in [1.29, 1.82) is 0 Å². The van der Waals surface area contributed by atoms with E-state index in [-0.39, 0.29) is 17.0 Å². The van der Waals surface area contributed by atoms with Crippen LogP contribution in [0.15, 0.2) is 18.5 Å². The fraction of sp³-hybridized carbons (Fsp3) is 0.250. The lowest BCUT2D eigenvalue weighted by Crippen LogP contribution is -2.06. The van der Waals surface area contributed by atoms with Gasteiger partial charge < -0.3 is 9.67 Å². The van der Waals surface area contributed by atoms with Gasteiger partial charge in [0.05, 0.1) is 5.56 Å². The molecule has 0 saturated heterocycles. The number of carbonyl (C=O) groups is 1. The SMILES string of the molecule is CCCn1cnnc1-c1cc(F)c(F)cc1C(=O)O. The van der Waals surface area contributed by atoms with E-state index in [4.69, 9.17) is 5.11 Å². The average molecular weight is 267 g/mol. The first-order valence-electron chi connectivity index (χ1n) is 5.65. The topological polar surface area (TPSA) is 68.0 Å². The van der Waals surface area contributed by atoms with Gasteiger partial charge in [0.1, 0.15) is 6.33 Å². The Kier molecular flexibility index (Phi) is 3.55. The number of rotatable bonds is 4. The van der Waals surface area contributed by atoms with Crippen molar-refractivity contribution in [3.05, 3.63) is 35.7 Å². The zero-order chi connectivity index (χ0) is 14.0. The van der Waals surface area contributed by atoms with E-state index < -0.39 is 17.6 Å². The maximum absolute atomic E-state index is 13.3. The highest BCUT2D eigenvalue weighted by Crippen LogP contribution is 2.25. The molecule has 2 rings (SSSR count). The van der Waals surface area contributed by atoms with Gasteiger partial charge in [-0.1, -0.05) is 6.92 Å². The molecule has 0 fully saturated rings. The Balaban J connectivity index is 2.63. The normalized spacial score (nSPS) is 10.7. The first-order chi connectivity index (χ1) is 9.04. The minimum atomic E-state index is -1.35. The molecule has 0 aliphatic rings. The minimum absolute atomic E-state index is 0.0114. The van der Waals surface area contributed by atoms with E-state index in [9.17, 15) is 13.6 Å². The average Bonchev–Trinajstić information content (AvgIpc) is 2.80. The Bertz CT molecular complexity index is 625. The van der Waals surface area contributed by atoms with Crippen LogP contribution in [0.25, 0.3) is 11.4 Å². The molecule has 0 unspecified atom stereocenters. The van der Waals surface area contributed by atoms with Gasteiger partial charge in [-0.05, 0) is 18.6 Å². The van der Waals surface area contributed by atoms with Gasteiger partial charge in [-0.25, -0.2) is 13.6 Å². The highest BCUT2D eigenvalue weighted by molar-refractivity contribution is 5.95. The fourth-order valence-corrected chi connectivity index (χ4v) is 1.78. The van der Waals surface area contributed by atoms with Crippen molar-refractivity contribution in [2.75, 3.05) is 0 Å². The van der Waals surface area contributed by atoms with E-state index in [2.05, 4.69) is 10.2 Å². The summed E-state index contributed by atoms with van der Waals surface area (Å²) in [6.07, 6.45) is 2.20. The first-order valence-corrected chi connectivity index (χ1v) is 5.65. The van der Waals surface area contributed by atoms with Crippen LogP contribution < -0.4 is 0 Å². The third kappa shape index (κ3) is 2.44. The summed E-state index contributed by atoms with van der Waals surface area (Å²) < 4.78 is 28.0. The van der Waals surface area contributed by atoms with Crippen molar-refractivity contribution in [1.82, 2.24) is 14.8 Å². The maximum atomic E-state index is 13.3. The number of hydrogen-bond donors (Lipinski definition) is 1. The van der Waals surface area contributed by atoms with Gasteiger partial charge in [-0.3, -0.25) is 0 Å². The molecule has 1 N–H and O–H groups in total. The van der Waals surface area contributed by atoms with Crippen LogP contribution in [-0.4, -0.2) is 25.8 Å². The Labute approximate surface area is 107 Å². The highest BCUT2D eigenvalue weighted by Gasteiger charge is 2.20. The summed E-state index contributed by atoms with van der Waals surface area (Å²) in [6, 6.07) is 1.48. The quantitative estimate of drug-likeness (QED) is 0.923. The lowest BCUT2D eigenvalue weighted by Gasteiger charge is -2.08. The molecule has 7 heteroatoms. The van der Waals surface area contributed by atoms with E-state index in [0.29, 0.717) is 12.6 Å². The van der Waals surface area contributed by atoms with Gasteiger partial charge in [0.15, 0.2) is 17.5 Å². The molecule has 0 bridgehead atoms. The third-order valence-corrected chi connectivity index (χ3v) is 2.61. The molecule has 0 saturated carbocycles. The number of aromatic nitrogens is 3. The molecule has 1 aromatic carbocycles. The summed E-state index contributed by atoms with van der Waals surface area (Å²) in [5, 5.41) is 16.5. The molecule has 0 amide bonds. The molecule has 1 heterocycles. The lowest BCUT2D eigenvalue weighted by molar-refractivity contribution is 0.0697. The Hall–Kier alpha value is -2.31. The second-order valence-electron chi connectivity index (χ2n) is 3.96. The summed E-state index contributed by atoms with van der Waals surface area (Å²) in [5.41, 5.74) is -0.332. The molecule has 0 atom stereocenters. The molecular formula is C12H11F2N3O2. The van der Waals surface area contributed by atoms with Crippen LogP contribution in [-0.2, 0) is 6.54 Å². The number of halogens is 2. The van der Waals surface area contributed by atoms with Gasteiger partial charge in [0.2, 0.25) is 0 Å². The maximum Gasteiger partial charge on any atom is 0.336 e. The molecule has 5 nitrogen and oxygen atoms in total. The zero-order valence-corrected chi connectivity index (χ0v) is 10.1. The second kappa shape index (κ2) is 5.13. The summed E-state index contributed by atoms with van der Waals surface area (Å²) in [5.74, 6) is -3.47. The van der Waals surface area contributed by atoms with Crippen molar-refractivity contribution in [3.63, 3.8) is 0 Å². The number of aryl methyl sites for hydroxylation is 1. The Morgan fingerprint density at radius 1 is 1.37 bits per heavy atom. The molecule has 0 spiro atoms. The van der Waals surface area contributed by atoms with E-state index in [1.165, 1.54) is 6.33 Å². The molecule has 1 aromatic heterocycles. The van der Waals surface area contributed by atoms with Gasteiger partial charge in [-0.2, -0.15) is 0 Å². The largest absolute Gasteiger partial charge is 0.478 e. The Morgan fingerprint density at radius 3 is 2.68 bits per heavy atom. The number of benzene rings is 1. The Morgan fingerprint density at radius 2 is 2.05 bits per heavy atom. The van der Waals surface area contributed by atoms with E-state index in [1.54, 1.807) is 4.57 Å². The van der Waals surface area contributed by atoms with Crippen LogP contribution in [0, 0.1) is 11.6 Å². The van der Waals surface area contributed by atoms with Gasteiger partial charge in [0.25, 0.3) is 0 Å². The van der Waals surface area contributed by atoms with Crippen molar-refractivity contribution in [2.24, 2.45) is 0 Å². The van der Waals surface area contributed by atoms with Crippen molar-refractivity contribution >= 4 is 5.97 Å². The first kappa shape index (κ1) is 13.1. The predicted octanol–water partition coefficient (Wildman–Crippen LogP) is 2.33. The van der Waals surface area contributed by atoms with Crippen LogP contribution in [0.5, 0.6) is 0 Å². The molecular weight excluding hydrogens is 256 g/mol. The minimum Gasteiger partial charge on any atom is -0.478 e. The monoisotopic (exact) mass is 267 g/mol. The molecule has 100 valence electrons. The smallest absolute Gasteiger partial charge is 0.336 e. The lowest BCUT2D eigenvalue weighted by atomic mass is 10.1. The second-order valence-corrected chi connectivity index (χ2v) is 3.96. The van der Waals surface area contributed by atoms with Gasteiger partial charge >= 0.3 is 5.97 Å². The van der Waals surface area contributed by atoms with Gasteiger partial charge in [0, 0.05) is 12.1 Å². The van der Waals surface area contributed by atoms with E-state index >= 15 is 0 Å². The number of nitrogens with zero attached hydrogens (tertiary/aromatic N) is 3. The molecule has 0 aliphatic carbocycles. The zero-order valence-electron chi connectivity index (χ0n) is 10.1. The molecule has 0 aliphatic heterocycles. The predicted molar refractivity (Wildman–Crippen MR) is 62.6 cm³/mol. The van der Waals surface area contributed by atoms with Crippen LogP contribution in [0.2, 0.25) is 0 Å². The van der Waals surface area contributed by atoms with Crippen molar-refractivity contribution in [3.8, 4) is 11.4 Å². The van der Waals surface area contributed by atoms with Crippen LogP contribution >= 0.6 is 0 Å². The highest BCUT2D eigenvalue weighted by atomic mass is 19.2. The van der Waals surface area contributed by atoms with Crippen molar-refractivity contribution < 1.29 is 18.7 Å². The molecule has 19 heavy (non-hydrogen) atoms. The number of hydrogen-bond acceptors (Lipinski definition) is 3. The summed E-state index contributed by atoms with van der Waals surface area (Å²) >= 11 is 0. The van der Waals surface area contributed by atoms with Crippen LogP contribution in [0.3, 0.4) is 0 Å². The summed E-state index contributed by atoms with van der Waals surface area (Å²) in [7, 11) is 0. The van der Waals surface area contributed by atoms with Gasteiger partial charge in [-0.15, -0.1) is 10.2 Å². The molecule has 0 radical (unpaired) electrons. The van der Waals surface area contributed by atoms with E-state index in [1.807, 2.05) is 6.92 Å². The third-order valence-electron chi connectivity index (χ3n) is 2.61. The van der Waals surface area contributed by atoms with E-state index in [0.717, 1.165) is 12.5 Å².